The number of aliphatic carboxylic acids is 1. The average Bonchev–Trinajstić information content (AvgIpc) is 3.02. The quantitative estimate of drug-likeness (QED) is 0.115. The van der Waals surface area contributed by atoms with Gasteiger partial charge in [-0.05, 0) is 40.7 Å². The van der Waals surface area contributed by atoms with Crippen LogP contribution in [-0.4, -0.2) is 75.6 Å². The number of nitro benzene ring substituents is 1. The molecule has 242 valence electrons. The lowest BCUT2D eigenvalue weighted by Gasteiger charge is -2.31. The Morgan fingerprint density at radius 2 is 1.67 bits per heavy atom. The van der Waals surface area contributed by atoms with Gasteiger partial charge in [-0.3, -0.25) is 24.6 Å². The van der Waals surface area contributed by atoms with Gasteiger partial charge >= 0.3 is 5.97 Å². The number of carboxylic acid groups (broad SMARTS) is 1. The number of carboxylic acids is 1. The lowest BCUT2D eigenvalue weighted by molar-refractivity contribution is -0.385. The molecule has 3 rings (SSSR count). The van der Waals surface area contributed by atoms with Crippen molar-refractivity contribution < 1.29 is 24.4 Å². The molecule has 0 radical (unpaired) electrons. The number of rotatable bonds is 19. The van der Waals surface area contributed by atoms with Crippen LogP contribution < -0.4 is 10.6 Å². The summed E-state index contributed by atoms with van der Waals surface area (Å²) in [5.41, 5.74) is 1.61. The third-order valence-corrected chi connectivity index (χ3v) is 9.32. The third-order valence-electron chi connectivity index (χ3n) is 7.70. The Hall–Kier alpha value is -3.61. The van der Waals surface area contributed by atoms with E-state index in [2.05, 4.69) is 10.6 Å². The van der Waals surface area contributed by atoms with Gasteiger partial charge in [-0.2, -0.15) is 11.8 Å². The average molecular weight is 655 g/mol. The molecule has 0 saturated heterocycles. The molecule has 0 spiro atoms. The van der Waals surface area contributed by atoms with Gasteiger partial charge in [0.15, 0.2) is 0 Å². The number of para-hydroxylation sites is 1. The molecule has 0 aliphatic rings. The molecule has 3 N–H and O–H groups in total. The van der Waals surface area contributed by atoms with Gasteiger partial charge in [0, 0.05) is 36.5 Å². The number of thioether (sulfide) groups is 2. The fourth-order valence-corrected chi connectivity index (χ4v) is 6.34. The Morgan fingerprint density at radius 3 is 2.38 bits per heavy atom. The number of carbonyl (C=O) groups excluding carboxylic acids is 2. The van der Waals surface area contributed by atoms with Crippen LogP contribution in [0.3, 0.4) is 0 Å². The molecular formula is C33H42N4O6S2. The van der Waals surface area contributed by atoms with Gasteiger partial charge in [-0.1, -0.05) is 80.9 Å². The minimum absolute atomic E-state index is 0.0313. The second-order valence-electron chi connectivity index (χ2n) is 11.0. The van der Waals surface area contributed by atoms with E-state index in [1.807, 2.05) is 67.5 Å². The van der Waals surface area contributed by atoms with Crippen LogP contribution in [0.4, 0.5) is 5.69 Å². The summed E-state index contributed by atoms with van der Waals surface area (Å²) in [6.45, 7) is 4.84. The summed E-state index contributed by atoms with van der Waals surface area (Å²) in [7, 11) is 0. The number of nitrogens with zero attached hydrogens (tertiary/aromatic N) is 2. The Labute approximate surface area is 272 Å². The highest BCUT2D eigenvalue weighted by atomic mass is 32.2. The van der Waals surface area contributed by atoms with E-state index in [9.17, 15) is 29.6 Å². The van der Waals surface area contributed by atoms with Crippen molar-refractivity contribution in [3.05, 3.63) is 88.0 Å². The van der Waals surface area contributed by atoms with Gasteiger partial charge in [0.05, 0.1) is 17.2 Å². The maximum absolute atomic E-state index is 13.2. The fraction of sp³-hybridized carbons (Fsp3) is 0.424. The van der Waals surface area contributed by atoms with E-state index in [1.54, 1.807) is 18.2 Å². The monoisotopic (exact) mass is 654 g/mol. The second-order valence-corrected chi connectivity index (χ2v) is 13.0. The van der Waals surface area contributed by atoms with Gasteiger partial charge in [-0.15, -0.1) is 11.8 Å². The van der Waals surface area contributed by atoms with E-state index in [4.69, 9.17) is 0 Å². The zero-order chi connectivity index (χ0) is 32.8. The largest absolute Gasteiger partial charge is 0.480 e. The molecule has 0 aromatic heterocycles. The van der Waals surface area contributed by atoms with Crippen molar-refractivity contribution in [1.82, 2.24) is 15.5 Å². The maximum atomic E-state index is 13.2. The summed E-state index contributed by atoms with van der Waals surface area (Å²) < 4.78 is 0. The molecule has 3 aromatic rings. The molecule has 3 atom stereocenters. The van der Waals surface area contributed by atoms with Crippen LogP contribution in [0.15, 0.2) is 66.7 Å². The SMILES string of the molecule is CCC(C)C(CN(CC(=O)NC(CCSC)C(=O)O)Cc1cccc2ccccc12)NC(=O)CSCc1ccccc1[N+](=O)[O-]. The summed E-state index contributed by atoms with van der Waals surface area (Å²) >= 11 is 2.83. The minimum Gasteiger partial charge on any atom is -0.480 e. The number of amides is 2. The molecule has 12 heteroatoms. The van der Waals surface area contributed by atoms with Crippen molar-refractivity contribution in [3.63, 3.8) is 0 Å². The zero-order valence-electron chi connectivity index (χ0n) is 25.9. The number of nitro groups is 1. The van der Waals surface area contributed by atoms with Gasteiger partial charge < -0.3 is 15.7 Å². The molecule has 0 saturated carbocycles. The molecule has 0 aliphatic carbocycles. The summed E-state index contributed by atoms with van der Waals surface area (Å²) in [4.78, 5) is 51.0. The van der Waals surface area contributed by atoms with E-state index in [0.29, 0.717) is 36.6 Å². The lowest BCUT2D eigenvalue weighted by atomic mass is 9.97. The number of nitrogens with one attached hydrogen (secondary N) is 2. The summed E-state index contributed by atoms with van der Waals surface area (Å²) in [5, 5.41) is 29.0. The van der Waals surface area contributed by atoms with Gasteiger partial charge in [-0.25, -0.2) is 4.79 Å². The number of fused-ring (bicyclic) bond motifs is 1. The van der Waals surface area contributed by atoms with Crippen molar-refractivity contribution >= 4 is 57.8 Å². The van der Waals surface area contributed by atoms with Crippen LogP contribution in [0.5, 0.6) is 0 Å². The first-order valence-electron chi connectivity index (χ1n) is 14.9. The molecule has 10 nitrogen and oxygen atoms in total. The normalized spacial score (nSPS) is 13.2. The van der Waals surface area contributed by atoms with E-state index in [-0.39, 0.29) is 35.9 Å². The zero-order valence-corrected chi connectivity index (χ0v) is 27.6. The molecule has 0 fully saturated rings. The first-order valence-corrected chi connectivity index (χ1v) is 17.5. The van der Waals surface area contributed by atoms with Crippen LogP contribution in [0.1, 0.15) is 37.8 Å². The molecule has 45 heavy (non-hydrogen) atoms. The molecule has 3 unspecified atom stereocenters. The topological polar surface area (TPSA) is 142 Å². The molecule has 2 amide bonds. The van der Waals surface area contributed by atoms with Gasteiger partial charge in [0.1, 0.15) is 6.04 Å². The van der Waals surface area contributed by atoms with Crippen LogP contribution in [0.25, 0.3) is 10.8 Å². The molecule has 0 aliphatic heterocycles. The van der Waals surface area contributed by atoms with Crippen LogP contribution in [-0.2, 0) is 26.7 Å². The Bertz CT molecular complexity index is 1450. The van der Waals surface area contributed by atoms with Crippen molar-refractivity contribution in [3.8, 4) is 0 Å². The Morgan fingerprint density at radius 1 is 0.978 bits per heavy atom. The molecular weight excluding hydrogens is 613 g/mol. The summed E-state index contributed by atoms with van der Waals surface area (Å²) in [5.74, 6) is -0.512. The summed E-state index contributed by atoms with van der Waals surface area (Å²) in [6, 6.07) is 19.3. The van der Waals surface area contributed by atoms with Crippen molar-refractivity contribution in [2.75, 3.05) is 30.9 Å². The van der Waals surface area contributed by atoms with Crippen molar-refractivity contribution in [2.45, 2.75) is 51.1 Å². The van der Waals surface area contributed by atoms with Crippen molar-refractivity contribution in [2.24, 2.45) is 5.92 Å². The van der Waals surface area contributed by atoms with E-state index in [1.165, 1.54) is 29.6 Å². The highest BCUT2D eigenvalue weighted by molar-refractivity contribution is 7.99. The van der Waals surface area contributed by atoms with Gasteiger partial charge in [0.25, 0.3) is 5.69 Å². The summed E-state index contributed by atoms with van der Waals surface area (Å²) in [6.07, 6.45) is 3.00. The number of carbonyl (C=O) groups is 3. The first kappa shape index (κ1) is 35.9. The predicted molar refractivity (Wildman–Crippen MR) is 182 cm³/mol. The Balaban J connectivity index is 1.76. The minimum atomic E-state index is -1.07. The highest BCUT2D eigenvalue weighted by Gasteiger charge is 2.26. The lowest BCUT2D eigenvalue weighted by Crippen LogP contribution is -2.51. The van der Waals surface area contributed by atoms with Crippen LogP contribution in [0, 0.1) is 16.0 Å². The van der Waals surface area contributed by atoms with Gasteiger partial charge in [0.2, 0.25) is 11.8 Å². The smallest absolute Gasteiger partial charge is 0.326 e. The molecule has 3 aromatic carbocycles. The second kappa shape index (κ2) is 18.4. The number of hydrogen-bond acceptors (Lipinski definition) is 8. The standard InChI is InChI=1S/C33H42N4O6S2/c1-4-23(2)29(35-32(39)22-45-21-26-11-6-8-15-30(26)37(42)43)19-36(20-31(38)34-28(33(40)41)16-17-44-3)18-25-13-9-12-24-10-5-7-14-27(24)25/h5-15,23,28-29H,4,16-22H2,1-3H3,(H,34,38)(H,35,39)(H,40,41). The van der Waals surface area contributed by atoms with Crippen LogP contribution in [0.2, 0.25) is 0 Å². The highest BCUT2D eigenvalue weighted by Crippen LogP contribution is 2.24. The fourth-order valence-electron chi connectivity index (χ4n) is 5.04. The Kier molecular flexibility index (Phi) is 14.6. The predicted octanol–water partition coefficient (Wildman–Crippen LogP) is 5.34. The van der Waals surface area contributed by atoms with E-state index < -0.39 is 22.8 Å². The number of benzene rings is 3. The van der Waals surface area contributed by atoms with Crippen molar-refractivity contribution in [1.29, 1.82) is 0 Å². The van der Waals surface area contributed by atoms with E-state index in [0.717, 1.165) is 22.8 Å². The van der Waals surface area contributed by atoms with Crippen LogP contribution >= 0.6 is 23.5 Å². The molecule has 0 bridgehead atoms. The third kappa shape index (κ3) is 11.4. The van der Waals surface area contributed by atoms with E-state index >= 15 is 0 Å². The first-order chi connectivity index (χ1) is 21.6. The maximum Gasteiger partial charge on any atom is 0.326 e. The molecule has 0 heterocycles. The number of hydrogen-bond donors (Lipinski definition) is 3.